The monoisotopic (exact) mass is 282 g/mol. The van der Waals surface area contributed by atoms with Gasteiger partial charge >= 0.3 is 80.9 Å². The van der Waals surface area contributed by atoms with Crippen LogP contribution in [0.15, 0.2) is 30.3 Å². The Kier molecular flexibility index (Phi) is 11.3. The molecule has 0 bridgehead atoms. The summed E-state index contributed by atoms with van der Waals surface area (Å²) in [7, 11) is 0. The van der Waals surface area contributed by atoms with E-state index in [0.29, 0.717) is 5.56 Å². The van der Waals surface area contributed by atoms with Crippen molar-refractivity contribution in [3.05, 3.63) is 35.9 Å². The molecule has 0 atom stereocenters. The van der Waals surface area contributed by atoms with E-state index in [1.165, 1.54) is 6.92 Å². The van der Waals surface area contributed by atoms with E-state index in [4.69, 9.17) is 0 Å². The molecule has 4 nitrogen and oxygen atoms in total. The van der Waals surface area contributed by atoms with Crippen LogP contribution >= 0.6 is 0 Å². The number of hydrogen-bond donors (Lipinski definition) is 0. The molecule has 0 saturated carbocycles. The van der Waals surface area contributed by atoms with Gasteiger partial charge in [-0.15, -0.1) is 0 Å². The molecule has 0 aliphatic carbocycles. The van der Waals surface area contributed by atoms with E-state index in [1.807, 2.05) is 0 Å². The Morgan fingerprint density at radius 2 is 1.56 bits per heavy atom. The molecule has 0 fully saturated rings. The van der Waals surface area contributed by atoms with Crippen LogP contribution in [0.25, 0.3) is 0 Å². The number of hydrogen-bond acceptors (Lipinski definition) is 4. The molecular weight excluding hydrogens is 270 g/mol. The van der Waals surface area contributed by atoms with Gasteiger partial charge in [-0.1, -0.05) is 37.3 Å². The molecule has 18 heavy (non-hydrogen) atoms. The molecular formula is C12H12KNaO4. The van der Waals surface area contributed by atoms with Crippen molar-refractivity contribution in [1.29, 1.82) is 0 Å². The first-order valence-electron chi connectivity index (χ1n) is 4.99. The second-order valence-corrected chi connectivity index (χ2v) is 3.67. The smallest absolute Gasteiger partial charge is 0.549 e. The zero-order valence-corrected chi connectivity index (χ0v) is 16.1. The maximum atomic E-state index is 11.0. The summed E-state index contributed by atoms with van der Waals surface area (Å²) in [4.78, 5) is 21.9. The molecule has 0 aromatic heterocycles. The zero-order chi connectivity index (χ0) is 12.2. The summed E-state index contributed by atoms with van der Waals surface area (Å²) in [5.41, 5.74) is -1.31. The van der Waals surface area contributed by atoms with Crippen LogP contribution in [-0.4, -0.2) is 11.9 Å². The van der Waals surface area contributed by atoms with E-state index in [1.54, 1.807) is 30.3 Å². The molecule has 0 saturated heterocycles. The van der Waals surface area contributed by atoms with Gasteiger partial charge < -0.3 is 19.8 Å². The van der Waals surface area contributed by atoms with Crippen LogP contribution in [0.4, 0.5) is 0 Å². The number of carboxylic acid groups (broad SMARTS) is 2. The second kappa shape index (κ2) is 9.66. The molecule has 86 valence electrons. The Morgan fingerprint density at radius 3 is 1.89 bits per heavy atom. The predicted molar refractivity (Wildman–Crippen MR) is 52.9 cm³/mol. The van der Waals surface area contributed by atoms with Crippen molar-refractivity contribution in [2.75, 3.05) is 0 Å². The normalized spacial score (nSPS) is 9.83. The van der Waals surface area contributed by atoms with Gasteiger partial charge in [0.25, 0.3) is 0 Å². The predicted octanol–water partition coefficient (Wildman–Crippen LogP) is -6.87. The van der Waals surface area contributed by atoms with Crippen molar-refractivity contribution < 1.29 is 101 Å². The maximum absolute atomic E-state index is 11.0. The Hall–Kier alpha value is 0.796. The molecule has 0 unspecified atom stereocenters. The SMILES string of the molecule is CCC(Cc1ccccc1)(C(=O)[O-])C(=O)[O-].[K+].[Na+]. The number of benzene rings is 1. The van der Waals surface area contributed by atoms with Crippen LogP contribution in [0.2, 0.25) is 0 Å². The molecule has 0 aliphatic heterocycles. The van der Waals surface area contributed by atoms with Crippen molar-refractivity contribution in [3.63, 3.8) is 0 Å². The fourth-order valence-electron chi connectivity index (χ4n) is 1.59. The number of carbonyl (C=O) groups is 2. The number of aliphatic carboxylic acids is 2. The number of carboxylic acids is 2. The minimum absolute atomic E-state index is 0. The molecule has 1 aromatic carbocycles. The summed E-state index contributed by atoms with van der Waals surface area (Å²) >= 11 is 0. The van der Waals surface area contributed by atoms with Gasteiger partial charge in [-0.3, -0.25) is 0 Å². The molecule has 0 heterocycles. The van der Waals surface area contributed by atoms with E-state index in [2.05, 4.69) is 0 Å². The molecule has 0 N–H and O–H groups in total. The van der Waals surface area contributed by atoms with Gasteiger partial charge in [0.2, 0.25) is 0 Å². The third-order valence-corrected chi connectivity index (χ3v) is 2.73. The third-order valence-electron chi connectivity index (χ3n) is 2.73. The third kappa shape index (κ3) is 5.05. The molecule has 6 heteroatoms. The quantitative estimate of drug-likeness (QED) is 0.397. The van der Waals surface area contributed by atoms with Gasteiger partial charge in [0.1, 0.15) is 0 Å². The van der Waals surface area contributed by atoms with E-state index in [0.717, 1.165) is 0 Å². The van der Waals surface area contributed by atoms with Crippen LogP contribution in [0.1, 0.15) is 18.9 Å². The molecule has 0 aliphatic rings. The van der Waals surface area contributed by atoms with Crippen molar-refractivity contribution in [1.82, 2.24) is 0 Å². The topological polar surface area (TPSA) is 80.3 Å². The Labute approximate surface area is 171 Å². The zero-order valence-electron chi connectivity index (χ0n) is 10.9. The standard InChI is InChI=1S/C12H14O4.K.Na/c1-2-12(10(13)14,11(15)16)8-9-6-4-3-5-7-9;;/h3-7H,2,8H2,1H3,(H,13,14)(H,15,16);;/q;2*+1/p-2. The Morgan fingerprint density at radius 1 is 1.11 bits per heavy atom. The number of carbonyl (C=O) groups excluding carboxylic acids is 2. The largest absolute Gasteiger partial charge is 1.00 e. The Balaban J connectivity index is 0. The van der Waals surface area contributed by atoms with E-state index >= 15 is 0 Å². The molecule has 0 radical (unpaired) electrons. The van der Waals surface area contributed by atoms with Gasteiger partial charge in [-0.2, -0.15) is 0 Å². The summed E-state index contributed by atoms with van der Waals surface area (Å²) < 4.78 is 0. The first-order valence-corrected chi connectivity index (χ1v) is 4.99. The van der Waals surface area contributed by atoms with Crippen LogP contribution in [0.3, 0.4) is 0 Å². The molecule has 1 rings (SSSR count). The second-order valence-electron chi connectivity index (χ2n) is 3.67. The fraction of sp³-hybridized carbons (Fsp3) is 0.333. The molecule has 1 aromatic rings. The van der Waals surface area contributed by atoms with E-state index in [-0.39, 0.29) is 93.8 Å². The minimum Gasteiger partial charge on any atom is -0.549 e. The summed E-state index contributed by atoms with van der Waals surface area (Å²) in [5, 5.41) is 21.9. The van der Waals surface area contributed by atoms with Gasteiger partial charge in [0.05, 0.1) is 17.4 Å². The first-order chi connectivity index (χ1) is 7.53. The van der Waals surface area contributed by atoms with Gasteiger partial charge in [-0.05, 0) is 18.4 Å². The summed E-state index contributed by atoms with van der Waals surface area (Å²) in [6.45, 7) is 1.49. The Bertz CT molecular complexity index is 380. The maximum Gasteiger partial charge on any atom is 1.00 e. The average molecular weight is 282 g/mol. The van der Waals surface area contributed by atoms with Gasteiger partial charge in [0.15, 0.2) is 0 Å². The van der Waals surface area contributed by atoms with Gasteiger partial charge in [-0.25, -0.2) is 0 Å². The summed E-state index contributed by atoms with van der Waals surface area (Å²) in [6.07, 6.45) is -0.179. The number of rotatable bonds is 5. The van der Waals surface area contributed by atoms with Crippen molar-refractivity contribution in [2.45, 2.75) is 19.8 Å². The minimum atomic E-state index is -1.94. The van der Waals surface area contributed by atoms with E-state index < -0.39 is 17.4 Å². The summed E-state index contributed by atoms with van der Waals surface area (Å²) in [6, 6.07) is 8.57. The van der Waals surface area contributed by atoms with Crippen LogP contribution in [0.5, 0.6) is 0 Å². The van der Waals surface area contributed by atoms with Crippen molar-refractivity contribution >= 4 is 11.9 Å². The average Bonchev–Trinajstić information content (AvgIpc) is 2.26. The van der Waals surface area contributed by atoms with Gasteiger partial charge in [0, 0.05) is 0 Å². The van der Waals surface area contributed by atoms with Crippen LogP contribution < -0.4 is 91.2 Å². The van der Waals surface area contributed by atoms with E-state index in [9.17, 15) is 19.8 Å². The first kappa shape index (κ1) is 21.1. The summed E-state index contributed by atoms with van der Waals surface area (Å²) in [5.74, 6) is -3.20. The van der Waals surface area contributed by atoms with Crippen LogP contribution in [0, 0.1) is 5.41 Å². The van der Waals surface area contributed by atoms with Crippen molar-refractivity contribution in [3.8, 4) is 0 Å². The molecule has 0 amide bonds. The molecule has 0 spiro atoms. The van der Waals surface area contributed by atoms with Crippen LogP contribution in [-0.2, 0) is 16.0 Å². The fourth-order valence-corrected chi connectivity index (χ4v) is 1.59. The van der Waals surface area contributed by atoms with Crippen molar-refractivity contribution in [2.24, 2.45) is 5.41 Å².